The summed E-state index contributed by atoms with van der Waals surface area (Å²) in [5.74, 6) is -1.01. The predicted octanol–water partition coefficient (Wildman–Crippen LogP) is 3.52. The van der Waals surface area contributed by atoms with Crippen LogP contribution < -0.4 is 11.2 Å². The average molecular weight is 435 g/mol. The van der Waals surface area contributed by atoms with E-state index in [1.807, 2.05) is 0 Å². The molecular weight excluding hydrogens is 422 g/mol. The van der Waals surface area contributed by atoms with E-state index in [1.165, 1.54) is 12.1 Å². The Morgan fingerprint density at radius 2 is 1.81 bits per heavy atom. The summed E-state index contributed by atoms with van der Waals surface area (Å²) in [6.07, 6.45) is -4.94. The van der Waals surface area contributed by atoms with Crippen LogP contribution in [0.5, 0.6) is 5.75 Å². The van der Waals surface area contributed by atoms with E-state index in [2.05, 4.69) is 5.16 Å². The lowest BCUT2D eigenvalue weighted by molar-refractivity contribution is -0.144. The van der Waals surface area contributed by atoms with Crippen LogP contribution >= 0.6 is 0 Å². The highest BCUT2D eigenvalue weighted by Gasteiger charge is 2.35. The maximum Gasteiger partial charge on any atom is 0.431 e. The van der Waals surface area contributed by atoms with Gasteiger partial charge in [0.15, 0.2) is 11.4 Å². The molecule has 0 amide bonds. The van der Waals surface area contributed by atoms with Crippen molar-refractivity contribution in [1.82, 2.24) is 14.3 Å². The predicted molar refractivity (Wildman–Crippen MR) is 102 cm³/mol. The number of nitrogens with zero attached hydrogens (tertiary/aromatic N) is 3. The number of aryl methyl sites for hydroxylation is 1. The van der Waals surface area contributed by atoms with E-state index in [0.717, 1.165) is 19.2 Å². The molecule has 0 fully saturated rings. The smallest absolute Gasteiger partial charge is 0.431 e. The van der Waals surface area contributed by atoms with Crippen LogP contribution in [0, 0.1) is 12.7 Å². The van der Waals surface area contributed by atoms with Crippen molar-refractivity contribution in [2.24, 2.45) is 7.05 Å². The molecule has 0 aliphatic carbocycles. The molecule has 0 unspecified atom stereocenters. The minimum absolute atomic E-state index is 0.00115. The van der Waals surface area contributed by atoms with E-state index >= 15 is 0 Å². The van der Waals surface area contributed by atoms with Crippen LogP contribution in [0.1, 0.15) is 11.3 Å². The molecule has 0 aliphatic heterocycles. The molecule has 0 saturated carbocycles. The third-order valence-electron chi connectivity index (χ3n) is 4.86. The van der Waals surface area contributed by atoms with Crippen molar-refractivity contribution in [2.75, 3.05) is 0 Å². The second-order valence-corrected chi connectivity index (χ2v) is 6.87. The van der Waals surface area contributed by atoms with Crippen LogP contribution in [-0.4, -0.2) is 19.4 Å². The standard InChI is InChI=1S/C20H13F4N3O4/c1-9-5-10(3-4-14(9)28)18-11-6-13(12(21)7-15(11)31-25-18)27-17(29)8-16(20(22,23)24)26(2)19(27)30/h3-8,28H,1-2H3. The number of alkyl halides is 3. The number of rotatable bonds is 2. The Labute approximate surface area is 170 Å². The quantitative estimate of drug-likeness (QED) is 0.487. The van der Waals surface area contributed by atoms with Crippen molar-refractivity contribution in [3.8, 4) is 22.7 Å². The zero-order valence-corrected chi connectivity index (χ0v) is 16.0. The van der Waals surface area contributed by atoms with E-state index in [4.69, 9.17) is 4.52 Å². The first-order chi connectivity index (χ1) is 14.5. The molecule has 2 aromatic heterocycles. The number of aromatic nitrogens is 3. The highest BCUT2D eigenvalue weighted by Crippen LogP contribution is 2.33. The number of aromatic hydroxyl groups is 1. The molecule has 4 aromatic rings. The van der Waals surface area contributed by atoms with Crippen LogP contribution in [0.2, 0.25) is 0 Å². The van der Waals surface area contributed by atoms with Gasteiger partial charge in [-0.3, -0.25) is 9.36 Å². The van der Waals surface area contributed by atoms with E-state index in [1.54, 1.807) is 13.0 Å². The van der Waals surface area contributed by atoms with Crippen molar-refractivity contribution in [1.29, 1.82) is 0 Å². The largest absolute Gasteiger partial charge is 0.508 e. The Bertz CT molecular complexity index is 1460. The summed E-state index contributed by atoms with van der Waals surface area (Å²) in [6.45, 7) is 1.65. The molecule has 2 aromatic carbocycles. The van der Waals surface area contributed by atoms with Gasteiger partial charge in [-0.2, -0.15) is 13.2 Å². The minimum atomic E-state index is -4.94. The average Bonchev–Trinajstić information content (AvgIpc) is 3.08. The fourth-order valence-corrected chi connectivity index (χ4v) is 3.25. The summed E-state index contributed by atoms with van der Waals surface area (Å²) >= 11 is 0. The van der Waals surface area contributed by atoms with E-state index in [-0.39, 0.29) is 33.0 Å². The molecule has 4 rings (SSSR count). The maximum atomic E-state index is 14.7. The molecule has 0 bridgehead atoms. The summed E-state index contributed by atoms with van der Waals surface area (Å²) < 4.78 is 59.6. The minimum Gasteiger partial charge on any atom is -0.508 e. The highest BCUT2D eigenvalue weighted by molar-refractivity contribution is 5.93. The van der Waals surface area contributed by atoms with Gasteiger partial charge >= 0.3 is 11.9 Å². The first-order valence-electron chi connectivity index (χ1n) is 8.78. The molecule has 7 nitrogen and oxygen atoms in total. The molecule has 0 radical (unpaired) electrons. The Morgan fingerprint density at radius 3 is 2.45 bits per heavy atom. The van der Waals surface area contributed by atoms with Gasteiger partial charge in [0.25, 0.3) is 5.56 Å². The van der Waals surface area contributed by atoms with E-state index in [9.17, 15) is 32.3 Å². The Morgan fingerprint density at radius 1 is 1.10 bits per heavy atom. The maximum absolute atomic E-state index is 14.7. The number of hydrogen-bond donors (Lipinski definition) is 1. The third-order valence-corrected chi connectivity index (χ3v) is 4.86. The second-order valence-electron chi connectivity index (χ2n) is 6.87. The van der Waals surface area contributed by atoms with Gasteiger partial charge in [0, 0.05) is 24.7 Å². The van der Waals surface area contributed by atoms with E-state index < -0.39 is 34.6 Å². The van der Waals surface area contributed by atoms with Gasteiger partial charge in [0.2, 0.25) is 0 Å². The highest BCUT2D eigenvalue weighted by atomic mass is 19.4. The van der Waals surface area contributed by atoms with Gasteiger partial charge in [0.05, 0.1) is 11.1 Å². The number of hydrogen-bond acceptors (Lipinski definition) is 5. The van der Waals surface area contributed by atoms with Gasteiger partial charge in [-0.05, 0) is 36.8 Å². The molecule has 2 heterocycles. The van der Waals surface area contributed by atoms with Gasteiger partial charge in [0.1, 0.15) is 17.1 Å². The lowest BCUT2D eigenvalue weighted by Crippen LogP contribution is -2.41. The zero-order chi connectivity index (χ0) is 22.7. The van der Waals surface area contributed by atoms with Crippen molar-refractivity contribution in [3.05, 3.63) is 74.3 Å². The van der Waals surface area contributed by atoms with Crippen molar-refractivity contribution in [2.45, 2.75) is 13.1 Å². The van der Waals surface area contributed by atoms with Crippen LogP contribution in [0.3, 0.4) is 0 Å². The van der Waals surface area contributed by atoms with Crippen LogP contribution in [0.4, 0.5) is 17.6 Å². The van der Waals surface area contributed by atoms with Gasteiger partial charge < -0.3 is 9.63 Å². The first-order valence-corrected chi connectivity index (χ1v) is 8.78. The lowest BCUT2D eigenvalue weighted by Gasteiger charge is -2.14. The van der Waals surface area contributed by atoms with Crippen LogP contribution in [0.25, 0.3) is 27.9 Å². The van der Waals surface area contributed by atoms with Crippen molar-refractivity contribution in [3.63, 3.8) is 0 Å². The van der Waals surface area contributed by atoms with E-state index in [0.29, 0.717) is 15.7 Å². The normalized spacial score (nSPS) is 11.9. The zero-order valence-electron chi connectivity index (χ0n) is 16.0. The third kappa shape index (κ3) is 3.27. The summed E-state index contributed by atoms with van der Waals surface area (Å²) in [5.41, 5.74) is -3.45. The second kappa shape index (κ2) is 6.83. The molecular formula is C20H13F4N3O4. The molecule has 31 heavy (non-hydrogen) atoms. The summed E-state index contributed by atoms with van der Waals surface area (Å²) in [4.78, 5) is 24.9. The number of phenols is 1. The molecule has 0 aliphatic rings. The molecule has 0 spiro atoms. The van der Waals surface area contributed by atoms with Gasteiger partial charge in [-0.1, -0.05) is 5.16 Å². The van der Waals surface area contributed by atoms with Gasteiger partial charge in [-0.25, -0.2) is 13.8 Å². The van der Waals surface area contributed by atoms with Crippen molar-refractivity contribution >= 4 is 11.0 Å². The molecule has 0 atom stereocenters. The fraction of sp³-hybridized carbons (Fsp3) is 0.150. The number of halogens is 4. The van der Waals surface area contributed by atoms with Crippen molar-refractivity contribution < 1.29 is 27.2 Å². The summed E-state index contributed by atoms with van der Waals surface area (Å²) in [7, 11) is 0.835. The monoisotopic (exact) mass is 435 g/mol. The molecule has 11 heteroatoms. The summed E-state index contributed by atoms with van der Waals surface area (Å²) in [6, 6.07) is 6.77. The van der Waals surface area contributed by atoms with Crippen LogP contribution in [0.15, 0.2) is 50.5 Å². The number of benzene rings is 2. The molecule has 1 N–H and O–H groups in total. The fourth-order valence-electron chi connectivity index (χ4n) is 3.25. The first kappa shape index (κ1) is 20.4. The van der Waals surface area contributed by atoms with Gasteiger partial charge in [-0.15, -0.1) is 0 Å². The number of phenolic OH excluding ortho intramolecular Hbond substituents is 1. The SMILES string of the molecule is Cc1cc(-c2noc3cc(F)c(-n4c(=O)cc(C(F)(F)F)n(C)c4=O)cc23)ccc1O. The topological polar surface area (TPSA) is 90.3 Å². The molecule has 0 saturated heterocycles. The molecule has 160 valence electrons. The lowest BCUT2D eigenvalue weighted by atomic mass is 10.0. The van der Waals surface area contributed by atoms with Crippen LogP contribution in [-0.2, 0) is 13.2 Å². The number of fused-ring (bicyclic) bond motifs is 1. The Hall–Kier alpha value is -3.89. The summed E-state index contributed by atoms with van der Waals surface area (Å²) in [5, 5.41) is 13.8. The Balaban J connectivity index is 1.99. The Kier molecular flexibility index (Phi) is 4.49.